The zero-order valence-electron chi connectivity index (χ0n) is 9.54. The molecule has 2 aromatic rings. The average Bonchev–Trinajstić information content (AvgIpc) is 2.89. The van der Waals surface area contributed by atoms with Crippen LogP contribution in [0.25, 0.3) is 4.96 Å². The Morgan fingerprint density at radius 3 is 2.88 bits per heavy atom. The topological polar surface area (TPSA) is 72.5 Å². The fourth-order valence-corrected chi connectivity index (χ4v) is 2.81. The molecule has 0 aliphatic carbocycles. The van der Waals surface area contributed by atoms with Crippen molar-refractivity contribution in [3.63, 3.8) is 0 Å². The summed E-state index contributed by atoms with van der Waals surface area (Å²) in [5, 5.41) is 22.9. The summed E-state index contributed by atoms with van der Waals surface area (Å²) in [6.45, 7) is 3.25. The van der Waals surface area contributed by atoms with Crippen LogP contribution < -0.4 is 0 Å². The van der Waals surface area contributed by atoms with Crippen LogP contribution in [0.5, 0.6) is 0 Å². The molecular formula is C10H14N4O2S. The first-order valence-corrected chi connectivity index (χ1v) is 6.55. The lowest BCUT2D eigenvalue weighted by molar-refractivity contribution is 0.0831. The molecule has 1 saturated heterocycles. The first kappa shape index (κ1) is 11.1. The van der Waals surface area contributed by atoms with Crippen LogP contribution in [0, 0.1) is 0 Å². The van der Waals surface area contributed by atoms with Gasteiger partial charge in [-0.3, -0.25) is 0 Å². The van der Waals surface area contributed by atoms with Crippen molar-refractivity contribution in [3.8, 4) is 0 Å². The Hall–Kier alpha value is -1.05. The van der Waals surface area contributed by atoms with E-state index in [2.05, 4.69) is 15.3 Å². The number of fused-ring (bicyclic) bond motifs is 1. The van der Waals surface area contributed by atoms with Crippen molar-refractivity contribution in [2.45, 2.75) is 31.8 Å². The molecule has 3 heterocycles. The highest BCUT2D eigenvalue weighted by Gasteiger charge is 2.23. The maximum Gasteiger partial charge on any atom is 0.234 e. The molecule has 3 rings (SSSR count). The van der Waals surface area contributed by atoms with Crippen LogP contribution in [0.15, 0.2) is 0 Å². The number of hydrogen-bond donors (Lipinski definition) is 1. The number of aliphatic hydroxyl groups excluding tert-OH is 1. The normalized spacial score (nSPS) is 19.9. The van der Waals surface area contributed by atoms with Gasteiger partial charge in [0.1, 0.15) is 11.1 Å². The van der Waals surface area contributed by atoms with E-state index in [1.165, 1.54) is 11.3 Å². The molecule has 1 atom stereocenters. The molecule has 0 saturated carbocycles. The molecule has 17 heavy (non-hydrogen) atoms. The largest absolute Gasteiger partial charge is 0.386 e. The van der Waals surface area contributed by atoms with Gasteiger partial charge in [-0.05, 0) is 19.8 Å². The summed E-state index contributed by atoms with van der Waals surface area (Å²) in [5.41, 5.74) is 0. The van der Waals surface area contributed by atoms with Crippen molar-refractivity contribution in [1.29, 1.82) is 0 Å². The van der Waals surface area contributed by atoms with Gasteiger partial charge < -0.3 is 9.84 Å². The molecule has 0 spiro atoms. The van der Waals surface area contributed by atoms with Crippen LogP contribution in [0.2, 0.25) is 0 Å². The summed E-state index contributed by atoms with van der Waals surface area (Å²) in [5.74, 6) is 1.26. The highest BCUT2D eigenvalue weighted by Crippen LogP contribution is 2.28. The van der Waals surface area contributed by atoms with Gasteiger partial charge in [0.25, 0.3) is 0 Å². The van der Waals surface area contributed by atoms with Crippen molar-refractivity contribution in [2.24, 2.45) is 0 Å². The third kappa shape index (κ3) is 1.94. The van der Waals surface area contributed by atoms with Crippen molar-refractivity contribution in [3.05, 3.63) is 10.8 Å². The fraction of sp³-hybridized carbons (Fsp3) is 0.700. The minimum Gasteiger partial charge on any atom is -0.386 e. The summed E-state index contributed by atoms with van der Waals surface area (Å²) in [6.07, 6.45) is 1.37. The molecule has 1 fully saturated rings. The van der Waals surface area contributed by atoms with E-state index in [1.54, 1.807) is 11.4 Å². The molecular weight excluding hydrogens is 240 g/mol. The van der Waals surface area contributed by atoms with Gasteiger partial charge in [-0.25, -0.2) is 0 Å². The summed E-state index contributed by atoms with van der Waals surface area (Å²) < 4.78 is 7.10. The first-order chi connectivity index (χ1) is 8.25. The minimum absolute atomic E-state index is 0.364. The van der Waals surface area contributed by atoms with Gasteiger partial charge in [0, 0.05) is 19.1 Å². The van der Waals surface area contributed by atoms with Crippen LogP contribution in [0.3, 0.4) is 0 Å². The predicted octanol–water partition coefficient (Wildman–Crippen LogP) is 1.13. The van der Waals surface area contributed by atoms with Gasteiger partial charge in [0.05, 0.1) is 0 Å². The monoisotopic (exact) mass is 254 g/mol. The Morgan fingerprint density at radius 2 is 2.18 bits per heavy atom. The molecule has 1 N–H and O–H groups in total. The summed E-state index contributed by atoms with van der Waals surface area (Å²) in [7, 11) is 0. The zero-order chi connectivity index (χ0) is 11.8. The Balaban J connectivity index is 1.98. The lowest BCUT2D eigenvalue weighted by Gasteiger charge is -2.19. The number of ether oxygens (including phenoxy) is 1. The molecule has 92 valence electrons. The zero-order valence-corrected chi connectivity index (χ0v) is 10.4. The Kier molecular flexibility index (Phi) is 2.81. The third-order valence-electron chi connectivity index (χ3n) is 2.97. The van der Waals surface area contributed by atoms with Crippen LogP contribution in [0.4, 0.5) is 0 Å². The lowest BCUT2D eigenvalue weighted by Crippen LogP contribution is -2.16. The Labute approximate surface area is 102 Å². The number of nitrogens with zero attached hydrogens (tertiary/aromatic N) is 4. The number of hydrogen-bond acceptors (Lipinski definition) is 6. The molecule has 2 aromatic heterocycles. The fourth-order valence-electron chi connectivity index (χ4n) is 2.03. The van der Waals surface area contributed by atoms with Crippen molar-refractivity contribution in [1.82, 2.24) is 19.8 Å². The molecule has 0 radical (unpaired) electrons. The molecule has 0 amide bonds. The van der Waals surface area contributed by atoms with E-state index in [0.29, 0.717) is 10.9 Å². The standard InChI is InChI=1S/C10H14N4O2S/c1-6(15)9-13-14-8(11-12-10(14)17-9)7-2-4-16-5-3-7/h6-7,15H,2-5H2,1H3. The molecule has 0 bridgehead atoms. The van der Waals surface area contributed by atoms with Crippen LogP contribution >= 0.6 is 11.3 Å². The molecule has 1 unspecified atom stereocenters. The van der Waals surface area contributed by atoms with Crippen molar-refractivity contribution in [2.75, 3.05) is 13.2 Å². The van der Waals surface area contributed by atoms with Crippen LogP contribution in [0.1, 0.15) is 42.6 Å². The van der Waals surface area contributed by atoms with E-state index in [1.807, 2.05) is 0 Å². The van der Waals surface area contributed by atoms with E-state index in [4.69, 9.17) is 4.74 Å². The highest BCUT2D eigenvalue weighted by atomic mass is 32.1. The van der Waals surface area contributed by atoms with Gasteiger partial charge >= 0.3 is 0 Å². The number of aromatic nitrogens is 4. The van der Waals surface area contributed by atoms with E-state index >= 15 is 0 Å². The average molecular weight is 254 g/mol. The first-order valence-electron chi connectivity index (χ1n) is 5.73. The number of rotatable bonds is 2. The maximum absolute atomic E-state index is 9.51. The molecule has 1 aliphatic heterocycles. The molecule has 1 aliphatic rings. The lowest BCUT2D eigenvalue weighted by atomic mass is 10.00. The Morgan fingerprint density at radius 1 is 1.41 bits per heavy atom. The van der Waals surface area contributed by atoms with Gasteiger partial charge in [-0.2, -0.15) is 9.61 Å². The van der Waals surface area contributed by atoms with E-state index < -0.39 is 6.10 Å². The number of aliphatic hydroxyl groups is 1. The summed E-state index contributed by atoms with van der Waals surface area (Å²) in [4.78, 5) is 0.752. The van der Waals surface area contributed by atoms with Gasteiger partial charge in [0.15, 0.2) is 5.82 Å². The quantitative estimate of drug-likeness (QED) is 0.869. The van der Waals surface area contributed by atoms with Crippen LogP contribution in [-0.2, 0) is 4.74 Å². The van der Waals surface area contributed by atoms with Crippen molar-refractivity contribution < 1.29 is 9.84 Å². The molecule has 6 nitrogen and oxygen atoms in total. The van der Waals surface area contributed by atoms with Gasteiger partial charge in [-0.15, -0.1) is 10.2 Å². The van der Waals surface area contributed by atoms with E-state index in [9.17, 15) is 5.11 Å². The summed E-state index contributed by atoms with van der Waals surface area (Å²) >= 11 is 1.39. The minimum atomic E-state index is -0.552. The SMILES string of the molecule is CC(O)c1nn2c(C3CCOCC3)nnc2s1. The van der Waals surface area contributed by atoms with E-state index in [-0.39, 0.29) is 0 Å². The third-order valence-corrected chi connectivity index (χ3v) is 4.04. The molecule has 7 heteroatoms. The molecule has 0 aromatic carbocycles. The Bertz CT molecular complexity index is 515. The van der Waals surface area contributed by atoms with Crippen LogP contribution in [-0.4, -0.2) is 38.1 Å². The predicted molar refractivity (Wildman–Crippen MR) is 62.1 cm³/mol. The second kappa shape index (κ2) is 4.32. The maximum atomic E-state index is 9.51. The van der Waals surface area contributed by atoms with Gasteiger partial charge in [-0.1, -0.05) is 11.3 Å². The smallest absolute Gasteiger partial charge is 0.234 e. The van der Waals surface area contributed by atoms with Crippen molar-refractivity contribution >= 4 is 16.3 Å². The summed E-state index contributed by atoms with van der Waals surface area (Å²) in [6, 6.07) is 0. The van der Waals surface area contributed by atoms with Gasteiger partial charge in [0.2, 0.25) is 4.96 Å². The second-order valence-corrected chi connectivity index (χ2v) is 5.24. The van der Waals surface area contributed by atoms with E-state index in [0.717, 1.165) is 36.8 Å². The second-order valence-electron chi connectivity index (χ2n) is 4.26. The highest BCUT2D eigenvalue weighted by molar-refractivity contribution is 7.16.